The number of furan rings is 1. The first-order chi connectivity index (χ1) is 25.7. The van der Waals surface area contributed by atoms with Gasteiger partial charge in [0.2, 0.25) is 0 Å². The second-order valence-electron chi connectivity index (χ2n) is 13.7. The molecule has 0 bridgehead atoms. The van der Waals surface area contributed by atoms with Crippen molar-refractivity contribution in [3.63, 3.8) is 0 Å². The Hall–Kier alpha value is -6.64. The Kier molecular flexibility index (Phi) is 7.32. The van der Waals surface area contributed by atoms with Gasteiger partial charge >= 0.3 is 0 Å². The molecule has 10 rings (SSSR count). The average Bonchev–Trinajstić information content (AvgIpc) is 3.61. The highest BCUT2D eigenvalue weighted by Gasteiger charge is 2.20. The highest BCUT2D eigenvalue weighted by molar-refractivity contribution is 6.19. The maximum atomic E-state index is 6.21. The van der Waals surface area contributed by atoms with Crippen LogP contribution in [0.3, 0.4) is 0 Å². The molecule has 0 spiro atoms. The number of benzene rings is 7. The van der Waals surface area contributed by atoms with E-state index in [1.54, 1.807) is 0 Å². The predicted molar refractivity (Wildman–Crippen MR) is 219 cm³/mol. The fourth-order valence-electron chi connectivity index (χ4n) is 7.90. The van der Waals surface area contributed by atoms with Crippen molar-refractivity contribution < 1.29 is 4.42 Å². The third kappa shape index (κ3) is 5.37. The van der Waals surface area contributed by atoms with Crippen LogP contribution in [0, 0.1) is 11.8 Å². The second kappa shape index (κ2) is 12.6. The molecule has 2 heteroatoms. The molecule has 2 aliphatic carbocycles. The van der Waals surface area contributed by atoms with Gasteiger partial charge in [-0.3, -0.25) is 0 Å². The molecule has 0 radical (unpaired) electrons. The summed E-state index contributed by atoms with van der Waals surface area (Å²) in [6, 6.07) is 56.7. The molecule has 0 fully saturated rings. The molecule has 0 amide bonds. The molecule has 2 atom stereocenters. The van der Waals surface area contributed by atoms with E-state index in [-0.39, 0.29) is 0 Å². The van der Waals surface area contributed by atoms with Crippen LogP contribution >= 0.6 is 0 Å². The van der Waals surface area contributed by atoms with Crippen molar-refractivity contribution in [1.29, 1.82) is 0 Å². The van der Waals surface area contributed by atoms with E-state index in [0.29, 0.717) is 11.8 Å². The number of fused-ring (bicyclic) bond motifs is 6. The summed E-state index contributed by atoms with van der Waals surface area (Å²) < 4.78 is 6.21. The SMILES string of the molecule is C1=CC2C=CC(c3ccc(N(c4ccc(-c5ccc6ccc7oc8ccccc8c7c6c5)cc4)c4cccc(-c5ccccc5)c4)cc3)=CC2C=C1. The molecule has 2 unspecified atom stereocenters. The third-order valence-electron chi connectivity index (χ3n) is 10.6. The van der Waals surface area contributed by atoms with E-state index in [1.165, 1.54) is 49.5 Å². The molecule has 246 valence electrons. The van der Waals surface area contributed by atoms with Crippen molar-refractivity contribution in [2.24, 2.45) is 11.8 Å². The van der Waals surface area contributed by atoms with Gasteiger partial charge in [-0.15, -0.1) is 0 Å². The minimum atomic E-state index is 0.410. The number of para-hydroxylation sites is 1. The summed E-state index contributed by atoms with van der Waals surface area (Å²) in [4.78, 5) is 2.36. The Labute approximate surface area is 303 Å². The van der Waals surface area contributed by atoms with Crippen molar-refractivity contribution in [3.05, 3.63) is 206 Å². The van der Waals surface area contributed by atoms with Crippen molar-refractivity contribution in [2.45, 2.75) is 0 Å². The first kappa shape index (κ1) is 30.2. The second-order valence-corrected chi connectivity index (χ2v) is 13.7. The molecule has 0 N–H and O–H groups in total. The molecular formula is C50H35NO. The lowest BCUT2D eigenvalue weighted by atomic mass is 9.81. The summed E-state index contributed by atoms with van der Waals surface area (Å²) in [6.07, 6.45) is 15.9. The predicted octanol–water partition coefficient (Wildman–Crippen LogP) is 13.9. The number of allylic oxidation sites excluding steroid dienone is 8. The van der Waals surface area contributed by atoms with Crippen LogP contribution in [0.1, 0.15) is 5.56 Å². The van der Waals surface area contributed by atoms with Gasteiger partial charge in [0.1, 0.15) is 11.2 Å². The molecule has 52 heavy (non-hydrogen) atoms. The van der Waals surface area contributed by atoms with E-state index >= 15 is 0 Å². The maximum absolute atomic E-state index is 6.21. The van der Waals surface area contributed by atoms with Gasteiger partial charge in [0.05, 0.1) is 0 Å². The van der Waals surface area contributed by atoms with Crippen LogP contribution < -0.4 is 4.90 Å². The van der Waals surface area contributed by atoms with E-state index in [0.717, 1.165) is 33.6 Å². The summed E-state index contributed by atoms with van der Waals surface area (Å²) in [6.45, 7) is 0. The van der Waals surface area contributed by atoms with Crippen LogP contribution in [0.15, 0.2) is 205 Å². The summed E-state index contributed by atoms with van der Waals surface area (Å²) >= 11 is 0. The number of anilines is 3. The smallest absolute Gasteiger partial charge is 0.136 e. The molecule has 0 saturated heterocycles. The quantitative estimate of drug-likeness (QED) is 0.176. The lowest BCUT2D eigenvalue weighted by molar-refractivity contribution is 0.663. The van der Waals surface area contributed by atoms with E-state index in [2.05, 4.69) is 193 Å². The first-order valence-electron chi connectivity index (χ1n) is 18.0. The van der Waals surface area contributed by atoms with Crippen LogP contribution in [-0.2, 0) is 0 Å². The minimum absolute atomic E-state index is 0.410. The molecule has 1 heterocycles. The van der Waals surface area contributed by atoms with Gasteiger partial charge in [0.15, 0.2) is 0 Å². The number of nitrogens with zero attached hydrogens (tertiary/aromatic N) is 1. The van der Waals surface area contributed by atoms with E-state index in [9.17, 15) is 0 Å². The van der Waals surface area contributed by atoms with Gasteiger partial charge in [0, 0.05) is 39.7 Å². The molecule has 7 aromatic carbocycles. The Morgan fingerprint density at radius 3 is 1.90 bits per heavy atom. The normalized spacial score (nSPS) is 16.3. The van der Waals surface area contributed by atoms with Crippen molar-refractivity contribution >= 4 is 55.3 Å². The number of hydrogen-bond acceptors (Lipinski definition) is 2. The van der Waals surface area contributed by atoms with Gasteiger partial charge in [-0.2, -0.15) is 0 Å². The summed E-state index contributed by atoms with van der Waals surface area (Å²) in [5.74, 6) is 0.859. The molecule has 2 aliphatic rings. The lowest BCUT2D eigenvalue weighted by Gasteiger charge is -2.27. The van der Waals surface area contributed by atoms with Crippen molar-refractivity contribution in [2.75, 3.05) is 4.90 Å². The number of hydrogen-bond donors (Lipinski definition) is 0. The number of rotatable bonds is 6. The molecule has 8 aromatic rings. The zero-order chi connectivity index (χ0) is 34.4. The Balaban J connectivity index is 1.04. The van der Waals surface area contributed by atoms with Gasteiger partial charge in [0.25, 0.3) is 0 Å². The average molecular weight is 666 g/mol. The molecule has 0 aliphatic heterocycles. The zero-order valence-corrected chi connectivity index (χ0v) is 28.6. The fourth-order valence-corrected chi connectivity index (χ4v) is 7.90. The topological polar surface area (TPSA) is 16.4 Å². The molecule has 2 nitrogen and oxygen atoms in total. The lowest BCUT2D eigenvalue weighted by Crippen LogP contribution is -2.11. The fraction of sp³-hybridized carbons (Fsp3) is 0.0400. The largest absolute Gasteiger partial charge is 0.456 e. The van der Waals surface area contributed by atoms with Crippen LogP contribution in [0.5, 0.6) is 0 Å². The summed E-state index contributed by atoms with van der Waals surface area (Å²) in [5.41, 5.74) is 12.4. The monoisotopic (exact) mass is 665 g/mol. The van der Waals surface area contributed by atoms with Gasteiger partial charge in [-0.1, -0.05) is 146 Å². The van der Waals surface area contributed by atoms with Gasteiger partial charge in [-0.05, 0) is 98.8 Å². The Bertz CT molecular complexity index is 2730. The summed E-state index contributed by atoms with van der Waals surface area (Å²) in [5, 5.41) is 4.74. The standard InChI is InChI=1S/C50H35NO/c1-2-9-34(10-3-1)40-13-8-14-45(32-40)51(43-26-21-36(22-27-43)41-19-17-35-11-4-5-12-39(35)31-41)44-28-23-37(24-29-44)42-20-18-38-25-30-49-50(47(38)33-42)46-15-6-7-16-48(46)52-49/h1-33,35,39H. The maximum Gasteiger partial charge on any atom is 0.136 e. The van der Waals surface area contributed by atoms with Crippen LogP contribution in [0.25, 0.3) is 60.5 Å². The Morgan fingerprint density at radius 1 is 0.423 bits per heavy atom. The van der Waals surface area contributed by atoms with Crippen molar-refractivity contribution in [1.82, 2.24) is 0 Å². The van der Waals surface area contributed by atoms with Crippen LogP contribution in [0.4, 0.5) is 17.1 Å². The Morgan fingerprint density at radius 2 is 1.08 bits per heavy atom. The molecule has 0 saturated carbocycles. The highest BCUT2D eigenvalue weighted by Crippen LogP contribution is 2.40. The highest BCUT2D eigenvalue weighted by atomic mass is 16.3. The van der Waals surface area contributed by atoms with Gasteiger partial charge < -0.3 is 9.32 Å². The molecular weight excluding hydrogens is 631 g/mol. The van der Waals surface area contributed by atoms with E-state index < -0.39 is 0 Å². The van der Waals surface area contributed by atoms with Gasteiger partial charge in [-0.25, -0.2) is 0 Å². The first-order valence-corrected chi connectivity index (χ1v) is 18.0. The van der Waals surface area contributed by atoms with Crippen molar-refractivity contribution in [3.8, 4) is 22.3 Å². The third-order valence-corrected chi connectivity index (χ3v) is 10.6. The summed E-state index contributed by atoms with van der Waals surface area (Å²) in [7, 11) is 0. The van der Waals surface area contributed by atoms with E-state index in [1.807, 2.05) is 12.1 Å². The van der Waals surface area contributed by atoms with Crippen LogP contribution in [0.2, 0.25) is 0 Å². The van der Waals surface area contributed by atoms with E-state index in [4.69, 9.17) is 4.42 Å². The zero-order valence-electron chi connectivity index (χ0n) is 28.6. The minimum Gasteiger partial charge on any atom is -0.456 e. The molecule has 1 aromatic heterocycles. The van der Waals surface area contributed by atoms with Crippen LogP contribution in [-0.4, -0.2) is 0 Å².